The normalized spacial score (nSPS) is 26.3. The van der Waals surface area contributed by atoms with Crippen molar-refractivity contribution in [2.45, 2.75) is 31.8 Å². The molecule has 0 unspecified atom stereocenters. The molecule has 0 aromatic carbocycles. The van der Waals surface area contributed by atoms with Crippen molar-refractivity contribution in [2.75, 3.05) is 20.6 Å². The number of rotatable bonds is 4. The van der Waals surface area contributed by atoms with Gasteiger partial charge in [0.25, 0.3) is 0 Å². The summed E-state index contributed by atoms with van der Waals surface area (Å²) in [7, 11) is 4.06. The quantitative estimate of drug-likeness (QED) is 0.855. The number of fused-ring (bicyclic) bond motifs is 1. The third kappa shape index (κ3) is 3.31. The summed E-state index contributed by atoms with van der Waals surface area (Å²) in [6.07, 6.45) is 6.49. The summed E-state index contributed by atoms with van der Waals surface area (Å²) in [5, 5.41) is 4.18. The van der Waals surface area contributed by atoms with Gasteiger partial charge in [0.05, 0.1) is 6.54 Å². The van der Waals surface area contributed by atoms with Crippen molar-refractivity contribution in [3.8, 4) is 11.3 Å². The Hall–Kier alpha value is -2.21. The van der Waals surface area contributed by atoms with Gasteiger partial charge in [-0.3, -0.25) is 14.7 Å². The minimum atomic E-state index is 0.293. The van der Waals surface area contributed by atoms with Crippen LogP contribution in [-0.4, -0.2) is 52.5 Å². The topological polar surface area (TPSA) is 62.5 Å². The van der Waals surface area contributed by atoms with Crippen molar-refractivity contribution in [3.63, 3.8) is 0 Å². The second-order valence-electron chi connectivity index (χ2n) is 7.45. The van der Waals surface area contributed by atoms with Crippen molar-refractivity contribution in [1.29, 1.82) is 0 Å². The summed E-state index contributed by atoms with van der Waals surface area (Å²) in [5.41, 5.74) is 1.86. The van der Waals surface area contributed by atoms with Crippen LogP contribution in [0, 0.1) is 11.8 Å². The molecule has 1 aliphatic carbocycles. The summed E-state index contributed by atoms with van der Waals surface area (Å²) in [6.45, 7) is 1.65. The first-order chi connectivity index (χ1) is 12.1. The van der Waals surface area contributed by atoms with Gasteiger partial charge in [-0.1, -0.05) is 5.16 Å². The molecule has 3 atom stereocenters. The lowest BCUT2D eigenvalue weighted by atomic mass is 9.88. The fourth-order valence-corrected chi connectivity index (χ4v) is 4.27. The molecule has 0 N–H and O–H groups in total. The van der Waals surface area contributed by atoms with Gasteiger partial charge in [0.1, 0.15) is 5.69 Å². The molecule has 1 saturated heterocycles. The molecule has 1 saturated carbocycles. The van der Waals surface area contributed by atoms with Crippen LogP contribution in [0.5, 0.6) is 0 Å². The van der Waals surface area contributed by atoms with E-state index < -0.39 is 0 Å². The molecular weight excluding hydrogens is 316 g/mol. The van der Waals surface area contributed by atoms with E-state index in [2.05, 4.69) is 22.1 Å². The Morgan fingerprint density at radius 1 is 1.28 bits per heavy atom. The molecule has 6 heteroatoms. The van der Waals surface area contributed by atoms with Crippen LogP contribution in [-0.2, 0) is 11.3 Å². The highest BCUT2D eigenvalue weighted by Gasteiger charge is 2.41. The number of hydrogen-bond donors (Lipinski definition) is 0. The van der Waals surface area contributed by atoms with Crippen LogP contribution in [0.2, 0.25) is 0 Å². The summed E-state index contributed by atoms with van der Waals surface area (Å²) >= 11 is 0. The first-order valence-electron chi connectivity index (χ1n) is 8.90. The van der Waals surface area contributed by atoms with E-state index in [4.69, 9.17) is 4.52 Å². The minimum absolute atomic E-state index is 0.293. The van der Waals surface area contributed by atoms with E-state index in [1.165, 1.54) is 0 Å². The van der Waals surface area contributed by atoms with Gasteiger partial charge < -0.3 is 9.42 Å². The number of pyridine rings is 1. The molecule has 0 spiro atoms. The molecular formula is C19H24N4O2. The number of aromatic nitrogens is 2. The second kappa shape index (κ2) is 6.59. The maximum atomic E-state index is 11.9. The highest BCUT2D eigenvalue weighted by atomic mass is 16.5. The van der Waals surface area contributed by atoms with Crippen LogP contribution >= 0.6 is 0 Å². The fraction of sp³-hybridized carbons (Fsp3) is 0.526. The number of nitrogens with zero attached hydrogens (tertiary/aromatic N) is 4. The van der Waals surface area contributed by atoms with Crippen LogP contribution < -0.4 is 0 Å². The van der Waals surface area contributed by atoms with Crippen molar-refractivity contribution in [2.24, 2.45) is 11.8 Å². The van der Waals surface area contributed by atoms with Gasteiger partial charge in [-0.15, -0.1) is 0 Å². The number of hydrogen-bond acceptors (Lipinski definition) is 5. The average molecular weight is 340 g/mol. The Kier molecular flexibility index (Phi) is 4.29. The molecule has 3 heterocycles. The Morgan fingerprint density at radius 2 is 2.04 bits per heavy atom. The van der Waals surface area contributed by atoms with Gasteiger partial charge in [0.15, 0.2) is 5.76 Å². The lowest BCUT2D eigenvalue weighted by molar-refractivity contribution is -0.134. The zero-order chi connectivity index (χ0) is 17.4. The molecule has 6 nitrogen and oxygen atoms in total. The molecule has 2 aromatic heterocycles. The molecule has 1 aliphatic heterocycles. The Balaban J connectivity index is 1.39. The predicted octanol–water partition coefficient (Wildman–Crippen LogP) is 2.43. The van der Waals surface area contributed by atoms with E-state index in [0.29, 0.717) is 30.2 Å². The molecule has 2 aromatic rings. The molecule has 1 amide bonds. The lowest BCUT2D eigenvalue weighted by Gasteiger charge is -2.31. The van der Waals surface area contributed by atoms with Gasteiger partial charge in [-0.2, -0.15) is 0 Å². The zero-order valence-corrected chi connectivity index (χ0v) is 14.8. The maximum absolute atomic E-state index is 11.9. The number of likely N-dealkylation sites (tertiary alicyclic amines) is 1. The molecule has 4 rings (SSSR count). The van der Waals surface area contributed by atoms with E-state index in [0.717, 1.165) is 42.9 Å². The minimum Gasteiger partial charge on any atom is -0.359 e. The summed E-state index contributed by atoms with van der Waals surface area (Å²) in [4.78, 5) is 20.2. The number of carbonyl (C=O) groups is 1. The van der Waals surface area contributed by atoms with Crippen molar-refractivity contribution in [1.82, 2.24) is 19.9 Å². The van der Waals surface area contributed by atoms with Crippen LogP contribution in [0.15, 0.2) is 35.1 Å². The molecule has 2 aliphatic rings. The third-order valence-electron chi connectivity index (χ3n) is 5.75. The van der Waals surface area contributed by atoms with Gasteiger partial charge in [-0.05, 0) is 43.9 Å². The number of piperidine rings is 1. The Morgan fingerprint density at radius 3 is 2.84 bits per heavy atom. The van der Waals surface area contributed by atoms with Crippen LogP contribution in [0.25, 0.3) is 11.3 Å². The van der Waals surface area contributed by atoms with E-state index in [9.17, 15) is 4.79 Å². The summed E-state index contributed by atoms with van der Waals surface area (Å²) < 4.78 is 5.53. The molecule has 0 bridgehead atoms. The SMILES string of the molecule is CN1C[C@H]2C[C@@H](N(C)Cc3cc(-c4ccncc4)no3)C[C@H]2CC1=O. The lowest BCUT2D eigenvalue weighted by Crippen LogP contribution is -2.39. The Labute approximate surface area is 147 Å². The van der Waals surface area contributed by atoms with E-state index >= 15 is 0 Å². The number of amides is 1. The molecule has 2 fully saturated rings. The average Bonchev–Trinajstić information content (AvgIpc) is 3.23. The smallest absolute Gasteiger partial charge is 0.222 e. The highest BCUT2D eigenvalue weighted by molar-refractivity contribution is 5.77. The van der Waals surface area contributed by atoms with Crippen LogP contribution in [0.4, 0.5) is 0 Å². The van der Waals surface area contributed by atoms with Crippen LogP contribution in [0.3, 0.4) is 0 Å². The van der Waals surface area contributed by atoms with E-state index in [-0.39, 0.29) is 0 Å². The second-order valence-corrected chi connectivity index (χ2v) is 7.45. The number of carbonyl (C=O) groups excluding carboxylic acids is 1. The molecule has 0 radical (unpaired) electrons. The largest absolute Gasteiger partial charge is 0.359 e. The van der Waals surface area contributed by atoms with Gasteiger partial charge >= 0.3 is 0 Å². The van der Waals surface area contributed by atoms with Crippen molar-refractivity contribution in [3.05, 3.63) is 36.4 Å². The summed E-state index contributed by atoms with van der Waals surface area (Å²) in [6, 6.07) is 6.37. The first kappa shape index (κ1) is 16.3. The predicted molar refractivity (Wildman–Crippen MR) is 93.5 cm³/mol. The molecule has 132 valence electrons. The standard InChI is InChI=1S/C19H24N4O2/c1-22(16-7-14-9-19(24)23(2)11-15(14)8-16)12-17-10-18(21-25-17)13-3-5-20-6-4-13/h3-6,10,14-16H,7-9,11-12H2,1-2H3/t14-,15+,16-/m0/s1. The zero-order valence-electron chi connectivity index (χ0n) is 14.8. The molecule has 25 heavy (non-hydrogen) atoms. The maximum Gasteiger partial charge on any atom is 0.222 e. The highest BCUT2D eigenvalue weighted by Crippen LogP contribution is 2.40. The van der Waals surface area contributed by atoms with Crippen molar-refractivity contribution < 1.29 is 9.32 Å². The van der Waals surface area contributed by atoms with Crippen molar-refractivity contribution >= 4 is 5.91 Å². The monoisotopic (exact) mass is 340 g/mol. The van der Waals surface area contributed by atoms with Gasteiger partial charge in [-0.25, -0.2) is 0 Å². The Bertz CT molecular complexity index is 745. The fourth-order valence-electron chi connectivity index (χ4n) is 4.27. The third-order valence-corrected chi connectivity index (χ3v) is 5.75. The van der Waals surface area contributed by atoms with Gasteiger partial charge in [0.2, 0.25) is 5.91 Å². The first-order valence-corrected chi connectivity index (χ1v) is 8.90. The van der Waals surface area contributed by atoms with E-state index in [1.54, 1.807) is 12.4 Å². The van der Waals surface area contributed by atoms with Crippen LogP contribution in [0.1, 0.15) is 25.0 Å². The van der Waals surface area contributed by atoms with E-state index in [1.807, 2.05) is 30.1 Å². The summed E-state index contributed by atoms with van der Waals surface area (Å²) in [5.74, 6) is 2.34. The van der Waals surface area contributed by atoms with Gasteiger partial charge in [0, 0.05) is 50.1 Å².